The summed E-state index contributed by atoms with van der Waals surface area (Å²) in [6.45, 7) is 0.638. The Labute approximate surface area is 90.3 Å². The van der Waals surface area contributed by atoms with Crippen LogP contribution < -0.4 is 5.32 Å². The van der Waals surface area contributed by atoms with Gasteiger partial charge in [-0.15, -0.1) is 0 Å². The van der Waals surface area contributed by atoms with Crippen molar-refractivity contribution < 1.29 is 9.90 Å². The van der Waals surface area contributed by atoms with E-state index in [0.29, 0.717) is 13.0 Å². The summed E-state index contributed by atoms with van der Waals surface area (Å²) in [4.78, 5) is 10.8. The van der Waals surface area contributed by atoms with Crippen LogP contribution in [0.25, 0.3) is 0 Å². The minimum Gasteiger partial charge on any atom is -0.480 e. The van der Waals surface area contributed by atoms with E-state index in [2.05, 4.69) is 21.2 Å². The van der Waals surface area contributed by atoms with E-state index in [1.54, 1.807) is 0 Å². The van der Waals surface area contributed by atoms with E-state index in [1.807, 2.05) is 18.2 Å². The van der Waals surface area contributed by atoms with Gasteiger partial charge in [0.15, 0.2) is 0 Å². The van der Waals surface area contributed by atoms with Gasteiger partial charge in [-0.3, -0.25) is 4.79 Å². The van der Waals surface area contributed by atoms with Gasteiger partial charge in [0.2, 0.25) is 0 Å². The minimum absolute atomic E-state index is 0.447. The molecule has 1 aliphatic heterocycles. The Kier molecular flexibility index (Phi) is 2.56. The van der Waals surface area contributed by atoms with Crippen molar-refractivity contribution in [2.45, 2.75) is 19.0 Å². The quantitative estimate of drug-likeness (QED) is 0.801. The van der Waals surface area contributed by atoms with Crippen LogP contribution in [0, 0.1) is 0 Å². The van der Waals surface area contributed by atoms with Gasteiger partial charge < -0.3 is 10.4 Å². The van der Waals surface area contributed by atoms with Gasteiger partial charge in [-0.1, -0.05) is 22.0 Å². The number of fused-ring (bicyclic) bond motifs is 1. The van der Waals surface area contributed by atoms with E-state index in [9.17, 15) is 4.79 Å². The summed E-state index contributed by atoms with van der Waals surface area (Å²) < 4.78 is 1.00. The number of benzene rings is 1. The van der Waals surface area contributed by atoms with Crippen molar-refractivity contribution in [3.63, 3.8) is 0 Å². The molecular formula is C10H10BrNO2. The molecule has 3 nitrogen and oxygen atoms in total. The first kappa shape index (κ1) is 9.68. The Morgan fingerprint density at radius 3 is 3.00 bits per heavy atom. The number of carbonyl (C=O) groups is 1. The van der Waals surface area contributed by atoms with Crippen LogP contribution in [-0.2, 0) is 17.8 Å². The SMILES string of the molecule is O=C(O)[C@H]1Cc2cc(Br)ccc2CN1. The molecule has 2 rings (SSSR count). The average Bonchev–Trinajstić information content (AvgIpc) is 2.16. The topological polar surface area (TPSA) is 49.3 Å². The van der Waals surface area contributed by atoms with Crippen LogP contribution in [0.3, 0.4) is 0 Å². The molecule has 1 heterocycles. The predicted octanol–water partition coefficient (Wildman–Crippen LogP) is 1.55. The molecule has 0 radical (unpaired) electrons. The van der Waals surface area contributed by atoms with Crippen molar-refractivity contribution in [3.05, 3.63) is 33.8 Å². The van der Waals surface area contributed by atoms with Crippen molar-refractivity contribution >= 4 is 21.9 Å². The van der Waals surface area contributed by atoms with Crippen LogP contribution in [-0.4, -0.2) is 17.1 Å². The second-order valence-electron chi connectivity index (χ2n) is 3.39. The van der Waals surface area contributed by atoms with Crippen molar-refractivity contribution in [1.29, 1.82) is 0 Å². The van der Waals surface area contributed by atoms with Gasteiger partial charge >= 0.3 is 5.97 Å². The lowest BCUT2D eigenvalue weighted by Gasteiger charge is -2.23. The van der Waals surface area contributed by atoms with E-state index in [1.165, 1.54) is 5.56 Å². The standard InChI is InChI=1S/C10H10BrNO2/c11-8-2-1-6-5-12-9(10(13)14)4-7(6)3-8/h1-3,9,12H,4-5H2,(H,13,14)/t9-/m1/s1. The third kappa shape index (κ3) is 1.81. The van der Waals surface area contributed by atoms with Crippen molar-refractivity contribution in [1.82, 2.24) is 5.32 Å². The maximum Gasteiger partial charge on any atom is 0.321 e. The van der Waals surface area contributed by atoms with Gasteiger partial charge in [0.25, 0.3) is 0 Å². The van der Waals surface area contributed by atoms with E-state index < -0.39 is 12.0 Å². The molecule has 14 heavy (non-hydrogen) atoms. The molecule has 74 valence electrons. The third-order valence-corrected chi connectivity index (χ3v) is 2.92. The number of carboxylic acid groups (broad SMARTS) is 1. The Hall–Kier alpha value is -0.870. The zero-order valence-electron chi connectivity index (χ0n) is 7.46. The zero-order valence-corrected chi connectivity index (χ0v) is 9.04. The minimum atomic E-state index is -0.782. The highest BCUT2D eigenvalue weighted by molar-refractivity contribution is 9.10. The largest absolute Gasteiger partial charge is 0.480 e. The molecule has 0 unspecified atom stereocenters. The fourth-order valence-corrected chi connectivity index (χ4v) is 2.07. The maximum atomic E-state index is 10.8. The average molecular weight is 256 g/mol. The van der Waals surface area contributed by atoms with Crippen LogP contribution in [0.2, 0.25) is 0 Å². The first-order valence-electron chi connectivity index (χ1n) is 4.40. The molecule has 1 aliphatic rings. The van der Waals surface area contributed by atoms with Crippen LogP contribution in [0.5, 0.6) is 0 Å². The van der Waals surface area contributed by atoms with Gasteiger partial charge in [0, 0.05) is 11.0 Å². The van der Waals surface area contributed by atoms with E-state index >= 15 is 0 Å². The highest BCUT2D eigenvalue weighted by Gasteiger charge is 2.23. The van der Waals surface area contributed by atoms with Gasteiger partial charge in [0.1, 0.15) is 6.04 Å². The van der Waals surface area contributed by atoms with E-state index in [-0.39, 0.29) is 0 Å². The van der Waals surface area contributed by atoms with Crippen molar-refractivity contribution in [3.8, 4) is 0 Å². The second kappa shape index (κ2) is 3.71. The Balaban J connectivity index is 2.29. The van der Waals surface area contributed by atoms with E-state index in [0.717, 1.165) is 10.0 Å². The summed E-state index contributed by atoms with van der Waals surface area (Å²) in [6.07, 6.45) is 0.560. The number of nitrogens with one attached hydrogen (secondary N) is 1. The summed E-state index contributed by atoms with van der Waals surface area (Å²) in [5.74, 6) is -0.782. The molecule has 2 N–H and O–H groups in total. The van der Waals surface area contributed by atoms with Crippen molar-refractivity contribution in [2.24, 2.45) is 0 Å². The lowest BCUT2D eigenvalue weighted by molar-refractivity contribution is -0.139. The molecule has 0 amide bonds. The smallest absolute Gasteiger partial charge is 0.321 e. The molecule has 0 saturated heterocycles. The number of aliphatic carboxylic acids is 1. The molecule has 1 aromatic carbocycles. The molecular weight excluding hydrogens is 246 g/mol. The number of carboxylic acids is 1. The lowest BCUT2D eigenvalue weighted by Crippen LogP contribution is -2.41. The zero-order chi connectivity index (χ0) is 10.1. The summed E-state index contributed by atoms with van der Waals surface area (Å²) in [6, 6.07) is 5.54. The fraction of sp³-hybridized carbons (Fsp3) is 0.300. The third-order valence-electron chi connectivity index (χ3n) is 2.43. The van der Waals surface area contributed by atoms with E-state index in [4.69, 9.17) is 5.11 Å². The lowest BCUT2D eigenvalue weighted by atomic mass is 9.96. The highest BCUT2D eigenvalue weighted by Crippen LogP contribution is 2.21. The number of halogens is 1. The summed E-state index contributed by atoms with van der Waals surface area (Å²) in [7, 11) is 0. The molecule has 4 heteroatoms. The predicted molar refractivity (Wildman–Crippen MR) is 56.1 cm³/mol. The molecule has 0 aromatic heterocycles. The normalized spacial score (nSPS) is 20.2. The molecule has 0 saturated carbocycles. The Bertz CT molecular complexity index is 378. The van der Waals surface area contributed by atoms with Crippen LogP contribution in [0.1, 0.15) is 11.1 Å². The Morgan fingerprint density at radius 2 is 2.29 bits per heavy atom. The first-order valence-corrected chi connectivity index (χ1v) is 5.19. The molecule has 0 fully saturated rings. The first-order chi connectivity index (χ1) is 6.66. The number of hydrogen-bond acceptors (Lipinski definition) is 2. The molecule has 0 aliphatic carbocycles. The summed E-state index contributed by atoms with van der Waals surface area (Å²) in [5, 5.41) is 11.8. The fourth-order valence-electron chi connectivity index (χ4n) is 1.66. The van der Waals surface area contributed by atoms with Gasteiger partial charge in [-0.2, -0.15) is 0 Å². The van der Waals surface area contributed by atoms with Crippen LogP contribution in [0.15, 0.2) is 22.7 Å². The van der Waals surface area contributed by atoms with Crippen molar-refractivity contribution in [2.75, 3.05) is 0 Å². The summed E-state index contributed by atoms with van der Waals surface area (Å²) >= 11 is 3.38. The van der Waals surface area contributed by atoms with Crippen LogP contribution in [0.4, 0.5) is 0 Å². The maximum absolute atomic E-state index is 10.8. The molecule has 0 spiro atoms. The molecule has 1 atom stereocenters. The monoisotopic (exact) mass is 255 g/mol. The molecule has 1 aromatic rings. The number of hydrogen-bond donors (Lipinski definition) is 2. The Morgan fingerprint density at radius 1 is 1.50 bits per heavy atom. The summed E-state index contributed by atoms with van der Waals surface area (Å²) in [5.41, 5.74) is 2.30. The van der Waals surface area contributed by atoms with Gasteiger partial charge in [-0.05, 0) is 29.7 Å². The van der Waals surface area contributed by atoms with Gasteiger partial charge in [0.05, 0.1) is 0 Å². The van der Waals surface area contributed by atoms with Gasteiger partial charge in [-0.25, -0.2) is 0 Å². The second-order valence-corrected chi connectivity index (χ2v) is 4.30. The van der Waals surface area contributed by atoms with Crippen LogP contribution >= 0.6 is 15.9 Å². The highest BCUT2D eigenvalue weighted by atomic mass is 79.9. The number of rotatable bonds is 1. The molecule has 0 bridgehead atoms.